The Morgan fingerprint density at radius 1 is 1.38 bits per heavy atom. The van der Waals surface area contributed by atoms with Crippen LogP contribution in [0.4, 0.5) is 0 Å². The number of nitrogens with zero attached hydrogens (tertiary/aromatic N) is 2. The highest BCUT2D eigenvalue weighted by Gasteiger charge is 2.64. The Bertz CT molecular complexity index is 760. The Balaban J connectivity index is 1.98. The number of ether oxygens (including phenoxy) is 2. The number of methoxy groups -OCH3 is 1. The van der Waals surface area contributed by atoms with Crippen LogP contribution in [-0.2, 0) is 10.2 Å². The van der Waals surface area contributed by atoms with E-state index in [2.05, 4.69) is 9.97 Å². The summed E-state index contributed by atoms with van der Waals surface area (Å²) in [5.41, 5.74) is 1.33. The number of rotatable bonds is 6. The molecule has 6 heteroatoms. The fourth-order valence-electron chi connectivity index (χ4n) is 3.17. The van der Waals surface area contributed by atoms with Gasteiger partial charge in [-0.3, -0.25) is 9.78 Å². The van der Waals surface area contributed by atoms with E-state index in [0.29, 0.717) is 35.9 Å². The fraction of sp³-hybridized carbons (Fsp3) is 0.389. The minimum absolute atomic E-state index is 0.228. The lowest BCUT2D eigenvalue weighted by atomic mass is 9.90. The van der Waals surface area contributed by atoms with Gasteiger partial charge in [0.05, 0.1) is 31.8 Å². The van der Waals surface area contributed by atoms with Gasteiger partial charge in [0, 0.05) is 11.5 Å². The maximum Gasteiger partial charge on any atom is 0.314 e. The lowest BCUT2D eigenvalue weighted by Crippen LogP contribution is -2.23. The molecule has 1 saturated carbocycles. The third kappa shape index (κ3) is 2.58. The Hall–Kier alpha value is -2.63. The maximum absolute atomic E-state index is 12.1. The highest BCUT2D eigenvalue weighted by molar-refractivity contribution is 5.88. The summed E-state index contributed by atoms with van der Waals surface area (Å²) in [6.07, 6.45) is 3.62. The first-order valence-electron chi connectivity index (χ1n) is 7.86. The molecule has 1 N–H and O–H groups in total. The first-order chi connectivity index (χ1) is 11.5. The molecule has 24 heavy (non-hydrogen) atoms. The first-order valence-corrected chi connectivity index (χ1v) is 7.86. The van der Waals surface area contributed by atoms with Gasteiger partial charge < -0.3 is 14.6 Å². The van der Waals surface area contributed by atoms with Crippen molar-refractivity contribution < 1.29 is 19.4 Å². The second-order valence-electron chi connectivity index (χ2n) is 5.95. The van der Waals surface area contributed by atoms with E-state index < -0.39 is 11.4 Å². The molecule has 0 amide bonds. The first kappa shape index (κ1) is 16.2. The zero-order valence-electron chi connectivity index (χ0n) is 13.9. The van der Waals surface area contributed by atoms with Gasteiger partial charge in [0.25, 0.3) is 0 Å². The Labute approximate surface area is 140 Å². The van der Waals surface area contributed by atoms with E-state index in [1.54, 1.807) is 13.3 Å². The van der Waals surface area contributed by atoms with Gasteiger partial charge in [-0.2, -0.15) is 0 Å². The van der Waals surface area contributed by atoms with Gasteiger partial charge in [0.15, 0.2) is 0 Å². The van der Waals surface area contributed by atoms with E-state index in [0.717, 1.165) is 5.56 Å². The van der Waals surface area contributed by atoms with Crippen molar-refractivity contribution in [3.8, 4) is 11.6 Å². The standard InChI is InChI=1S/C18H20N2O4/c1-4-24-16-10-19-14(9-20-16)13-8-18(13,17(21)22)12-7-11(2)5-6-15(12)23-3/h5-7,9-10,13H,4,8H2,1-3H3,(H,21,22). The van der Waals surface area contributed by atoms with Crippen LogP contribution in [0.25, 0.3) is 0 Å². The topological polar surface area (TPSA) is 81.5 Å². The summed E-state index contributed by atoms with van der Waals surface area (Å²) < 4.78 is 10.7. The number of aryl methyl sites for hydroxylation is 1. The molecular weight excluding hydrogens is 308 g/mol. The zero-order chi connectivity index (χ0) is 17.3. The predicted octanol–water partition coefficient (Wildman–Crippen LogP) is 2.70. The Morgan fingerprint density at radius 2 is 2.17 bits per heavy atom. The molecule has 0 saturated heterocycles. The zero-order valence-corrected chi connectivity index (χ0v) is 13.9. The normalized spacial score (nSPS) is 22.0. The van der Waals surface area contributed by atoms with Crippen molar-refractivity contribution >= 4 is 5.97 Å². The minimum atomic E-state index is -1.01. The van der Waals surface area contributed by atoms with Gasteiger partial charge in [-0.25, -0.2) is 4.98 Å². The Kier molecular flexibility index (Phi) is 4.13. The van der Waals surface area contributed by atoms with Crippen molar-refractivity contribution in [3.05, 3.63) is 47.4 Å². The van der Waals surface area contributed by atoms with E-state index in [-0.39, 0.29) is 5.92 Å². The molecule has 126 valence electrons. The summed E-state index contributed by atoms with van der Waals surface area (Å²) in [6.45, 7) is 4.32. The lowest BCUT2D eigenvalue weighted by Gasteiger charge is -2.17. The number of carboxylic acids is 1. The van der Waals surface area contributed by atoms with Gasteiger partial charge in [-0.05, 0) is 26.3 Å². The summed E-state index contributed by atoms with van der Waals surface area (Å²) in [5.74, 6) is -0.0682. The van der Waals surface area contributed by atoms with Crippen LogP contribution in [0, 0.1) is 6.92 Å². The number of hydrogen-bond donors (Lipinski definition) is 1. The van der Waals surface area contributed by atoms with Crippen molar-refractivity contribution in [2.45, 2.75) is 31.6 Å². The number of benzene rings is 1. The van der Waals surface area contributed by atoms with Crippen LogP contribution in [0.3, 0.4) is 0 Å². The molecule has 0 spiro atoms. The SMILES string of the molecule is CCOc1cnc(C2CC2(C(=O)O)c2cc(C)ccc2OC)cn1. The molecule has 2 atom stereocenters. The highest BCUT2D eigenvalue weighted by Crippen LogP contribution is 2.62. The van der Waals surface area contributed by atoms with Crippen LogP contribution in [0.5, 0.6) is 11.6 Å². The van der Waals surface area contributed by atoms with E-state index in [1.165, 1.54) is 6.20 Å². The van der Waals surface area contributed by atoms with E-state index in [4.69, 9.17) is 9.47 Å². The second-order valence-corrected chi connectivity index (χ2v) is 5.95. The van der Waals surface area contributed by atoms with Crippen LogP contribution in [0.2, 0.25) is 0 Å². The summed E-state index contributed by atoms with van der Waals surface area (Å²) in [6, 6.07) is 5.61. The molecule has 2 unspecified atom stereocenters. The smallest absolute Gasteiger partial charge is 0.314 e. The molecule has 1 heterocycles. The molecule has 1 aliphatic rings. The third-order valence-corrected chi connectivity index (χ3v) is 4.48. The van der Waals surface area contributed by atoms with Crippen molar-refractivity contribution in [3.63, 3.8) is 0 Å². The summed E-state index contributed by atoms with van der Waals surface area (Å²) in [5, 5.41) is 9.91. The fourth-order valence-corrected chi connectivity index (χ4v) is 3.17. The maximum atomic E-state index is 12.1. The van der Waals surface area contributed by atoms with Gasteiger partial charge in [0.2, 0.25) is 5.88 Å². The number of aromatic nitrogens is 2. The van der Waals surface area contributed by atoms with Crippen molar-refractivity contribution in [1.82, 2.24) is 9.97 Å². The summed E-state index contributed by atoms with van der Waals surface area (Å²) in [7, 11) is 1.55. The molecule has 0 bridgehead atoms. The van der Waals surface area contributed by atoms with E-state index in [1.807, 2.05) is 32.0 Å². The molecule has 3 rings (SSSR count). The van der Waals surface area contributed by atoms with Crippen LogP contribution in [-0.4, -0.2) is 34.8 Å². The monoisotopic (exact) mass is 328 g/mol. The number of aliphatic carboxylic acids is 1. The van der Waals surface area contributed by atoms with Gasteiger partial charge in [-0.15, -0.1) is 0 Å². The minimum Gasteiger partial charge on any atom is -0.496 e. The Morgan fingerprint density at radius 3 is 2.75 bits per heavy atom. The van der Waals surface area contributed by atoms with Gasteiger partial charge >= 0.3 is 5.97 Å². The van der Waals surface area contributed by atoms with E-state index >= 15 is 0 Å². The van der Waals surface area contributed by atoms with Gasteiger partial charge in [0.1, 0.15) is 11.2 Å². The number of carbonyl (C=O) groups is 1. The molecule has 0 radical (unpaired) electrons. The largest absolute Gasteiger partial charge is 0.496 e. The molecule has 1 fully saturated rings. The summed E-state index contributed by atoms with van der Waals surface area (Å²) >= 11 is 0. The van der Waals surface area contributed by atoms with Gasteiger partial charge in [-0.1, -0.05) is 17.7 Å². The number of carboxylic acid groups (broad SMARTS) is 1. The molecule has 1 aliphatic carbocycles. The number of hydrogen-bond acceptors (Lipinski definition) is 5. The highest BCUT2D eigenvalue weighted by atomic mass is 16.5. The molecule has 0 aliphatic heterocycles. The quantitative estimate of drug-likeness (QED) is 0.878. The molecule has 1 aromatic heterocycles. The van der Waals surface area contributed by atoms with Crippen molar-refractivity contribution in [1.29, 1.82) is 0 Å². The van der Waals surface area contributed by atoms with E-state index in [9.17, 15) is 9.90 Å². The van der Waals surface area contributed by atoms with Crippen molar-refractivity contribution in [2.24, 2.45) is 0 Å². The average Bonchev–Trinajstić information content (AvgIpc) is 3.33. The van der Waals surface area contributed by atoms with Crippen LogP contribution < -0.4 is 9.47 Å². The molecular formula is C18H20N2O4. The third-order valence-electron chi connectivity index (χ3n) is 4.48. The molecule has 1 aromatic carbocycles. The molecule has 2 aromatic rings. The van der Waals surface area contributed by atoms with Crippen molar-refractivity contribution in [2.75, 3.05) is 13.7 Å². The second kappa shape index (κ2) is 6.11. The van der Waals surface area contributed by atoms with Crippen LogP contribution in [0.15, 0.2) is 30.6 Å². The summed E-state index contributed by atoms with van der Waals surface area (Å²) in [4.78, 5) is 20.6. The molecule has 6 nitrogen and oxygen atoms in total. The van der Waals surface area contributed by atoms with Crippen LogP contribution >= 0.6 is 0 Å². The average molecular weight is 328 g/mol. The lowest BCUT2D eigenvalue weighted by molar-refractivity contribution is -0.140. The predicted molar refractivity (Wildman–Crippen MR) is 87.6 cm³/mol. The van der Waals surface area contributed by atoms with Crippen LogP contribution in [0.1, 0.15) is 36.1 Å².